The van der Waals surface area contributed by atoms with Crippen LogP contribution in [0.1, 0.15) is 328 Å². The Morgan fingerprint density at radius 2 is 0.674 bits per heavy atom. The number of carbonyl (C=O) groups excluding carboxylic acids is 1. The molecule has 0 aliphatic rings. The molecule has 3 unspecified atom stereocenters. The summed E-state index contributed by atoms with van der Waals surface area (Å²) in [5.74, 6) is -0.189. The highest BCUT2D eigenvalue weighted by molar-refractivity contribution is 7.47. The first-order chi connectivity index (χ1) is 43.5. The topological polar surface area (TPSA) is 105 Å². The lowest BCUT2D eigenvalue weighted by molar-refractivity contribution is -0.870. The van der Waals surface area contributed by atoms with Gasteiger partial charge in [0.2, 0.25) is 5.91 Å². The van der Waals surface area contributed by atoms with E-state index in [2.05, 4.69) is 129 Å². The maximum absolute atomic E-state index is 13.1. The van der Waals surface area contributed by atoms with Gasteiger partial charge >= 0.3 is 7.82 Å². The molecule has 1 amide bonds. The van der Waals surface area contributed by atoms with E-state index in [1.807, 2.05) is 27.2 Å². The molecule has 0 fully saturated rings. The minimum atomic E-state index is -4.37. The van der Waals surface area contributed by atoms with Crippen molar-refractivity contribution < 1.29 is 32.9 Å². The monoisotopic (exact) mass is 1260 g/mol. The third-order valence-corrected chi connectivity index (χ3v) is 17.4. The number of carbonyl (C=O) groups is 1. The van der Waals surface area contributed by atoms with Crippen LogP contribution in [0.4, 0.5) is 0 Å². The Hall–Kier alpha value is -3.10. The quantitative estimate of drug-likeness (QED) is 0.0243. The molecule has 0 radical (unpaired) electrons. The molecule has 0 aromatic rings. The van der Waals surface area contributed by atoms with Gasteiger partial charge in [-0.1, -0.05) is 354 Å². The van der Waals surface area contributed by atoms with Crippen molar-refractivity contribution in [3.8, 4) is 0 Å². The predicted octanol–water partition coefficient (Wildman–Crippen LogP) is 24.4. The van der Waals surface area contributed by atoms with Crippen LogP contribution in [-0.4, -0.2) is 73.4 Å². The number of rotatable bonds is 68. The third kappa shape index (κ3) is 72.2. The van der Waals surface area contributed by atoms with Crippen molar-refractivity contribution in [3.05, 3.63) is 122 Å². The summed E-state index contributed by atoms with van der Waals surface area (Å²) in [6.45, 7) is 4.72. The average Bonchev–Trinajstić information content (AvgIpc) is 3.64. The van der Waals surface area contributed by atoms with Gasteiger partial charge in [0, 0.05) is 6.42 Å². The molecule has 0 saturated carbocycles. The van der Waals surface area contributed by atoms with Gasteiger partial charge in [-0.15, -0.1) is 0 Å². The van der Waals surface area contributed by atoms with E-state index in [0.717, 1.165) is 109 Å². The molecule has 0 aromatic heterocycles. The minimum Gasteiger partial charge on any atom is -0.387 e. The lowest BCUT2D eigenvalue weighted by Gasteiger charge is -2.25. The number of quaternary nitrogens is 1. The predicted molar refractivity (Wildman–Crippen MR) is 392 cm³/mol. The SMILES string of the molecule is CC/C=C\C/C=C\C/C=C\C/C=C\C/C=C\C/C=C\C/C=C\C/C=C\C/C=C\CCCCCCCCCC(=O)NC(COP(=O)(O)OCC[N+](C)(C)C)C(O)/C=C/CCCCCCCCCCCCCCCCCCCCCCCCCCCCCCCC. The molecule has 0 aliphatic heterocycles. The molecule has 0 rings (SSSR count). The third-order valence-electron chi connectivity index (χ3n) is 16.4. The summed E-state index contributed by atoms with van der Waals surface area (Å²) in [6.07, 6.45) is 104. The zero-order valence-electron chi connectivity index (χ0n) is 58.9. The highest BCUT2D eigenvalue weighted by Gasteiger charge is 2.28. The molecule has 8 nitrogen and oxygen atoms in total. The van der Waals surface area contributed by atoms with Crippen LogP contribution in [0.2, 0.25) is 0 Å². The molecule has 0 heterocycles. The Morgan fingerprint density at radius 1 is 0.393 bits per heavy atom. The molecule has 0 aliphatic carbocycles. The van der Waals surface area contributed by atoms with E-state index in [9.17, 15) is 19.4 Å². The van der Waals surface area contributed by atoms with Crippen molar-refractivity contribution in [2.75, 3.05) is 40.9 Å². The molecular weight excluding hydrogens is 1120 g/mol. The highest BCUT2D eigenvalue weighted by Crippen LogP contribution is 2.43. The summed E-state index contributed by atoms with van der Waals surface area (Å²) in [5, 5.41) is 14.0. The van der Waals surface area contributed by atoms with Crippen LogP contribution < -0.4 is 5.32 Å². The fourth-order valence-corrected chi connectivity index (χ4v) is 11.4. The van der Waals surface area contributed by atoms with Crippen LogP contribution in [0.15, 0.2) is 122 Å². The zero-order valence-corrected chi connectivity index (χ0v) is 59.8. The molecule has 3 atom stereocenters. The Bertz CT molecular complexity index is 1870. The highest BCUT2D eigenvalue weighted by atomic mass is 31.2. The summed E-state index contributed by atoms with van der Waals surface area (Å²) in [6, 6.07) is -0.864. The summed E-state index contributed by atoms with van der Waals surface area (Å²) in [4.78, 5) is 23.5. The minimum absolute atomic E-state index is 0.0537. The molecular formula is C80H144N2O6P+. The summed E-state index contributed by atoms with van der Waals surface area (Å²) in [7, 11) is 1.56. The normalized spacial score (nSPS) is 14.3. The first kappa shape index (κ1) is 85.9. The fourth-order valence-electron chi connectivity index (χ4n) is 10.7. The van der Waals surface area contributed by atoms with E-state index >= 15 is 0 Å². The standard InChI is InChI=1S/C80H143N2O6P/c1-6-8-10-12-14-16-18-20-22-24-26-28-30-32-34-36-38-40-41-42-44-46-48-50-52-54-56-58-60-62-64-66-68-70-72-74-80(84)81-78(77-88-89(85,86)87-76-75-82(3,4)5)79(83)73-71-69-67-65-63-61-59-57-55-53-51-49-47-45-43-39-37-35-33-31-29-27-25-23-21-19-17-15-13-11-9-7-2/h8,10,14,16,20,22,26,28,32,34,38,40,42,44,48,50,54,56,71,73,78-79,83H,6-7,9,11-13,15,17-19,21,23-25,27,29-31,33,35-37,39,41,43,45-47,49,51-53,55,57-70,72,74-77H2,1-5H3,(H-,81,84,85,86)/p+1/b10-8-,16-14-,22-20-,28-26-,34-32-,40-38-,44-42-,50-48-,56-54-,73-71+. The summed E-state index contributed by atoms with van der Waals surface area (Å²) < 4.78 is 23.8. The lowest BCUT2D eigenvalue weighted by Crippen LogP contribution is -2.45. The number of hydrogen-bond donors (Lipinski definition) is 3. The van der Waals surface area contributed by atoms with Gasteiger partial charge in [-0.05, 0) is 89.9 Å². The van der Waals surface area contributed by atoms with E-state index in [1.54, 1.807) is 6.08 Å². The summed E-state index contributed by atoms with van der Waals surface area (Å²) in [5.41, 5.74) is 0. The van der Waals surface area contributed by atoms with Gasteiger partial charge in [0.15, 0.2) is 0 Å². The van der Waals surface area contributed by atoms with Gasteiger partial charge in [-0.2, -0.15) is 0 Å². The largest absolute Gasteiger partial charge is 0.472 e. The van der Waals surface area contributed by atoms with Crippen LogP contribution in [0.5, 0.6) is 0 Å². The number of allylic oxidation sites excluding steroid dienone is 19. The van der Waals surface area contributed by atoms with Gasteiger partial charge in [0.05, 0.1) is 39.9 Å². The average molecular weight is 1260 g/mol. The second-order valence-corrected chi connectivity index (χ2v) is 27.7. The number of aliphatic hydroxyl groups is 1. The Balaban J connectivity index is 4.12. The molecule has 0 spiro atoms. The molecule has 0 saturated heterocycles. The van der Waals surface area contributed by atoms with Crippen molar-refractivity contribution >= 4 is 13.7 Å². The van der Waals surface area contributed by atoms with Crippen LogP contribution in [0.3, 0.4) is 0 Å². The molecule has 3 N–H and O–H groups in total. The van der Waals surface area contributed by atoms with E-state index < -0.39 is 20.0 Å². The van der Waals surface area contributed by atoms with E-state index in [4.69, 9.17) is 9.05 Å². The maximum Gasteiger partial charge on any atom is 0.472 e. The van der Waals surface area contributed by atoms with Crippen molar-refractivity contribution in [1.29, 1.82) is 0 Å². The molecule has 514 valence electrons. The second kappa shape index (κ2) is 69.2. The number of phosphoric ester groups is 1. The van der Waals surface area contributed by atoms with Gasteiger partial charge in [0.25, 0.3) is 0 Å². The van der Waals surface area contributed by atoms with Crippen LogP contribution in [-0.2, 0) is 18.4 Å². The van der Waals surface area contributed by atoms with E-state index in [0.29, 0.717) is 17.4 Å². The van der Waals surface area contributed by atoms with Crippen LogP contribution in [0, 0.1) is 0 Å². The van der Waals surface area contributed by atoms with Crippen LogP contribution >= 0.6 is 7.82 Å². The van der Waals surface area contributed by atoms with Crippen molar-refractivity contribution in [2.45, 2.75) is 341 Å². The summed E-state index contributed by atoms with van der Waals surface area (Å²) >= 11 is 0. The van der Waals surface area contributed by atoms with E-state index in [1.165, 1.54) is 199 Å². The number of likely N-dealkylation sites (N-methyl/N-ethyl adjacent to an activating group) is 1. The Kier molecular flexibility index (Phi) is 66.8. The smallest absolute Gasteiger partial charge is 0.387 e. The second-order valence-electron chi connectivity index (χ2n) is 26.3. The van der Waals surface area contributed by atoms with Gasteiger partial charge in [-0.3, -0.25) is 13.8 Å². The van der Waals surface area contributed by atoms with Gasteiger partial charge in [0.1, 0.15) is 13.2 Å². The Labute approximate surface area is 552 Å². The van der Waals surface area contributed by atoms with Gasteiger partial charge < -0.3 is 19.8 Å². The number of nitrogens with zero attached hydrogens (tertiary/aromatic N) is 1. The zero-order chi connectivity index (χ0) is 64.8. The Morgan fingerprint density at radius 3 is 0.989 bits per heavy atom. The fraction of sp³-hybridized carbons (Fsp3) is 0.738. The number of nitrogens with one attached hydrogen (secondary N) is 1. The maximum atomic E-state index is 13.1. The van der Waals surface area contributed by atoms with E-state index in [-0.39, 0.29) is 19.1 Å². The number of phosphoric acid groups is 1. The van der Waals surface area contributed by atoms with Crippen molar-refractivity contribution in [2.24, 2.45) is 0 Å². The number of aliphatic hydroxyl groups excluding tert-OH is 1. The van der Waals surface area contributed by atoms with Crippen LogP contribution in [0.25, 0.3) is 0 Å². The molecule has 0 bridgehead atoms. The first-order valence-corrected chi connectivity index (χ1v) is 38.9. The number of unbranched alkanes of at least 4 members (excludes halogenated alkanes) is 37. The first-order valence-electron chi connectivity index (χ1n) is 37.4. The van der Waals surface area contributed by atoms with Crippen molar-refractivity contribution in [1.82, 2.24) is 5.32 Å². The van der Waals surface area contributed by atoms with Gasteiger partial charge in [-0.25, -0.2) is 4.57 Å². The number of hydrogen-bond acceptors (Lipinski definition) is 5. The molecule has 9 heteroatoms. The molecule has 89 heavy (non-hydrogen) atoms. The van der Waals surface area contributed by atoms with Crippen molar-refractivity contribution in [3.63, 3.8) is 0 Å². The number of amides is 1. The molecule has 0 aromatic carbocycles. The lowest BCUT2D eigenvalue weighted by atomic mass is 10.0.